The third-order valence-corrected chi connectivity index (χ3v) is 2.49. The van der Waals surface area contributed by atoms with Crippen molar-refractivity contribution < 1.29 is 14.3 Å². The Kier molecular flexibility index (Phi) is 4.70. The van der Waals surface area contributed by atoms with Gasteiger partial charge in [-0.15, -0.1) is 0 Å². The molecule has 0 aliphatic carbocycles. The van der Waals surface area contributed by atoms with E-state index in [0.29, 0.717) is 16.5 Å². The Bertz CT molecular complexity index is 303. The topological polar surface area (TPSA) is 65.4 Å². The van der Waals surface area contributed by atoms with Crippen LogP contribution in [0.4, 0.5) is 0 Å². The number of hydrogen-bond acceptors (Lipinski definition) is 6. The van der Waals surface area contributed by atoms with Crippen LogP contribution in [0.1, 0.15) is 6.92 Å². The SMILES string of the molecule is CCSc1c(OCCN(C)C)no[n+]1[O-]. The summed E-state index contributed by atoms with van der Waals surface area (Å²) < 4.78 is 9.79. The Balaban J connectivity index is 2.52. The van der Waals surface area contributed by atoms with E-state index in [-0.39, 0.29) is 5.88 Å². The standard InChI is InChI=1S/C8H15N3O3S/c1-4-15-8-7(9-14-11(8)12)13-6-5-10(2)3/h4-6H2,1-3H3. The summed E-state index contributed by atoms with van der Waals surface area (Å²) >= 11 is 1.35. The summed E-state index contributed by atoms with van der Waals surface area (Å²) in [4.78, 5) is 2.36. The lowest BCUT2D eigenvalue weighted by atomic mass is 10.6. The van der Waals surface area contributed by atoms with Crippen molar-refractivity contribution >= 4 is 11.8 Å². The smallest absolute Gasteiger partial charge is 0.409 e. The molecule has 0 unspecified atom stereocenters. The van der Waals surface area contributed by atoms with Gasteiger partial charge in [0.15, 0.2) is 0 Å². The highest BCUT2D eigenvalue weighted by Gasteiger charge is 2.20. The fraction of sp³-hybridized carbons (Fsp3) is 0.750. The van der Waals surface area contributed by atoms with Crippen molar-refractivity contribution in [3.63, 3.8) is 0 Å². The van der Waals surface area contributed by atoms with E-state index in [1.165, 1.54) is 11.8 Å². The van der Waals surface area contributed by atoms with Gasteiger partial charge in [0.2, 0.25) is 0 Å². The maximum absolute atomic E-state index is 11.1. The largest absolute Gasteiger partial charge is 0.453 e. The number of likely N-dealkylation sites (N-methyl/N-ethyl adjacent to an activating group) is 1. The first-order valence-electron chi connectivity index (χ1n) is 4.65. The lowest BCUT2D eigenvalue weighted by Gasteiger charge is -2.07. The predicted molar refractivity (Wildman–Crippen MR) is 55.9 cm³/mol. The van der Waals surface area contributed by atoms with Gasteiger partial charge in [0.25, 0.3) is 5.03 Å². The molecule has 0 aliphatic heterocycles. The van der Waals surface area contributed by atoms with Gasteiger partial charge in [-0.3, -0.25) is 4.63 Å². The molecule has 0 aromatic carbocycles. The fourth-order valence-electron chi connectivity index (χ4n) is 0.893. The quantitative estimate of drug-likeness (QED) is 0.522. The summed E-state index contributed by atoms with van der Waals surface area (Å²) in [6, 6.07) is 0. The predicted octanol–water partition coefficient (Wildman–Crippen LogP) is 0.360. The van der Waals surface area contributed by atoms with Crippen LogP contribution < -0.4 is 9.64 Å². The summed E-state index contributed by atoms with van der Waals surface area (Å²) in [6.07, 6.45) is 0. The molecule has 0 saturated carbocycles. The van der Waals surface area contributed by atoms with Gasteiger partial charge in [-0.25, -0.2) is 0 Å². The van der Waals surface area contributed by atoms with E-state index in [2.05, 4.69) is 9.79 Å². The highest BCUT2D eigenvalue weighted by atomic mass is 32.2. The molecule has 0 radical (unpaired) electrons. The first kappa shape index (κ1) is 12.1. The van der Waals surface area contributed by atoms with Crippen molar-refractivity contribution in [2.24, 2.45) is 0 Å². The molecule has 1 heterocycles. The van der Waals surface area contributed by atoms with Crippen molar-refractivity contribution in [3.05, 3.63) is 5.21 Å². The van der Waals surface area contributed by atoms with Crippen LogP contribution >= 0.6 is 11.8 Å². The normalized spacial score (nSPS) is 10.9. The van der Waals surface area contributed by atoms with Crippen LogP contribution in [0.3, 0.4) is 0 Å². The molecule has 0 atom stereocenters. The maximum Gasteiger partial charge on any atom is 0.409 e. The van der Waals surface area contributed by atoms with Gasteiger partial charge >= 0.3 is 5.88 Å². The molecule has 1 rings (SSSR count). The Morgan fingerprint density at radius 1 is 1.60 bits per heavy atom. The van der Waals surface area contributed by atoms with Gasteiger partial charge < -0.3 is 14.8 Å². The average Bonchev–Trinajstić information content (AvgIpc) is 2.50. The highest BCUT2D eigenvalue weighted by molar-refractivity contribution is 7.99. The third kappa shape index (κ3) is 3.60. The van der Waals surface area contributed by atoms with Crippen LogP contribution in [0.5, 0.6) is 5.88 Å². The molecule has 6 nitrogen and oxygen atoms in total. The van der Waals surface area contributed by atoms with E-state index < -0.39 is 0 Å². The summed E-state index contributed by atoms with van der Waals surface area (Å²) in [5.41, 5.74) is 0. The molecular weight excluding hydrogens is 218 g/mol. The van der Waals surface area contributed by atoms with Crippen LogP contribution in [0.2, 0.25) is 0 Å². The maximum atomic E-state index is 11.1. The van der Waals surface area contributed by atoms with Crippen molar-refractivity contribution in [3.8, 4) is 5.88 Å². The molecule has 0 N–H and O–H groups in total. The van der Waals surface area contributed by atoms with Crippen molar-refractivity contribution in [2.75, 3.05) is 33.0 Å². The van der Waals surface area contributed by atoms with Gasteiger partial charge in [0.05, 0.1) is 5.16 Å². The molecule has 7 heteroatoms. The van der Waals surface area contributed by atoms with Crippen molar-refractivity contribution in [1.82, 2.24) is 10.1 Å². The van der Waals surface area contributed by atoms with Gasteiger partial charge in [-0.1, -0.05) is 18.7 Å². The Labute approximate surface area is 92.7 Å². The Morgan fingerprint density at radius 2 is 2.33 bits per heavy atom. The zero-order valence-electron chi connectivity index (χ0n) is 9.10. The lowest BCUT2D eigenvalue weighted by molar-refractivity contribution is -0.831. The molecule has 86 valence electrons. The van der Waals surface area contributed by atoms with Gasteiger partial charge in [0, 0.05) is 6.54 Å². The first-order valence-corrected chi connectivity index (χ1v) is 5.63. The molecule has 15 heavy (non-hydrogen) atoms. The number of thioether (sulfide) groups is 1. The first-order chi connectivity index (χ1) is 7.15. The summed E-state index contributed by atoms with van der Waals surface area (Å²) in [7, 11) is 3.89. The summed E-state index contributed by atoms with van der Waals surface area (Å²) in [6.45, 7) is 3.19. The monoisotopic (exact) mass is 233 g/mol. The fourth-order valence-corrected chi connectivity index (χ4v) is 1.52. The van der Waals surface area contributed by atoms with Crippen LogP contribution in [0.25, 0.3) is 0 Å². The molecule has 0 bridgehead atoms. The van der Waals surface area contributed by atoms with E-state index in [4.69, 9.17) is 4.74 Å². The number of nitrogens with zero attached hydrogens (tertiary/aromatic N) is 3. The van der Waals surface area contributed by atoms with Crippen LogP contribution in [0.15, 0.2) is 9.65 Å². The number of aromatic nitrogens is 2. The van der Waals surface area contributed by atoms with E-state index in [1.807, 2.05) is 25.9 Å². The van der Waals surface area contributed by atoms with Crippen molar-refractivity contribution in [1.29, 1.82) is 0 Å². The molecule has 0 amide bonds. The van der Waals surface area contributed by atoms with Crippen LogP contribution in [-0.2, 0) is 0 Å². The minimum absolute atomic E-state index is 0.277. The number of hydrogen-bond donors (Lipinski definition) is 0. The van der Waals surface area contributed by atoms with Crippen molar-refractivity contribution in [2.45, 2.75) is 11.9 Å². The van der Waals surface area contributed by atoms with E-state index >= 15 is 0 Å². The van der Waals surface area contributed by atoms with Gasteiger partial charge in [-0.05, 0) is 24.8 Å². The second-order valence-corrected chi connectivity index (χ2v) is 4.38. The molecule has 0 saturated heterocycles. The summed E-state index contributed by atoms with van der Waals surface area (Å²) in [5.74, 6) is 1.05. The molecule has 1 aromatic heterocycles. The Morgan fingerprint density at radius 3 is 2.93 bits per heavy atom. The second-order valence-electron chi connectivity index (χ2n) is 3.13. The zero-order valence-corrected chi connectivity index (χ0v) is 9.91. The molecular formula is C8H15N3O3S. The van der Waals surface area contributed by atoms with E-state index in [1.54, 1.807) is 0 Å². The van der Waals surface area contributed by atoms with E-state index in [0.717, 1.165) is 12.3 Å². The van der Waals surface area contributed by atoms with Gasteiger partial charge in [0.1, 0.15) is 6.61 Å². The summed E-state index contributed by atoms with van der Waals surface area (Å²) in [5, 5.41) is 15.0. The zero-order chi connectivity index (χ0) is 11.3. The van der Waals surface area contributed by atoms with Gasteiger partial charge in [-0.2, -0.15) is 0 Å². The third-order valence-electron chi connectivity index (χ3n) is 1.61. The minimum Gasteiger partial charge on any atom is -0.453 e. The molecule has 1 aromatic rings. The van der Waals surface area contributed by atoms with Crippen LogP contribution in [-0.4, -0.2) is 43.1 Å². The average molecular weight is 233 g/mol. The minimum atomic E-state index is 0.277. The number of rotatable bonds is 6. The lowest BCUT2D eigenvalue weighted by Crippen LogP contribution is -2.25. The molecule has 0 fully saturated rings. The van der Waals surface area contributed by atoms with E-state index in [9.17, 15) is 5.21 Å². The molecule has 0 aliphatic rings. The second kappa shape index (κ2) is 5.82. The highest BCUT2D eigenvalue weighted by Crippen LogP contribution is 2.23. The number of ether oxygens (including phenoxy) is 1. The van der Waals surface area contributed by atoms with Crippen LogP contribution in [0, 0.1) is 5.21 Å². The Hall–Kier alpha value is -0.950. The molecule has 0 spiro atoms.